The number of likely N-dealkylation sites (tertiary alicyclic amines) is 1. The molecule has 0 aromatic carbocycles. The zero-order valence-corrected chi connectivity index (χ0v) is 12.5. The lowest BCUT2D eigenvalue weighted by Crippen LogP contribution is -2.43. The van der Waals surface area contributed by atoms with E-state index in [1.807, 2.05) is 27.9 Å². The maximum Gasteiger partial charge on any atom is 0.233 e. The van der Waals surface area contributed by atoms with Crippen molar-refractivity contribution in [3.05, 3.63) is 0 Å². The molecule has 1 aliphatic rings. The van der Waals surface area contributed by atoms with Gasteiger partial charge in [-0.15, -0.1) is 0 Å². The Hall–Kier alpha value is -0.900. The van der Waals surface area contributed by atoms with E-state index in [4.69, 9.17) is 0 Å². The summed E-state index contributed by atoms with van der Waals surface area (Å²) in [5.41, 5.74) is -0.0688. The van der Waals surface area contributed by atoms with Gasteiger partial charge in [0.2, 0.25) is 11.8 Å². The van der Waals surface area contributed by atoms with Gasteiger partial charge in [0.1, 0.15) is 0 Å². The Morgan fingerprint density at radius 1 is 1.33 bits per heavy atom. The predicted molar refractivity (Wildman–Crippen MR) is 72.0 cm³/mol. The van der Waals surface area contributed by atoms with Crippen molar-refractivity contribution in [3.8, 4) is 0 Å². The Morgan fingerprint density at radius 3 is 2.28 bits per heavy atom. The number of rotatable bonds is 5. The molecule has 0 spiro atoms. The number of amides is 2. The number of nitrogens with zero attached hydrogens (tertiary/aromatic N) is 2. The second kappa shape index (κ2) is 5.39. The second-order valence-electron chi connectivity index (χ2n) is 6.77. The molecule has 1 aliphatic heterocycles. The summed E-state index contributed by atoms with van der Waals surface area (Å²) in [5.74, 6) is 0.128. The predicted octanol–water partition coefficient (Wildman–Crippen LogP) is 1.61. The summed E-state index contributed by atoms with van der Waals surface area (Å²) in [6.07, 6.45) is 0.383. The number of imide groups is 1. The number of hydrogen-bond donors (Lipinski definition) is 0. The highest BCUT2D eigenvalue weighted by Gasteiger charge is 2.42. The largest absolute Gasteiger partial charge is 0.309 e. The van der Waals surface area contributed by atoms with Crippen molar-refractivity contribution in [2.45, 2.75) is 34.1 Å². The first-order valence-electron chi connectivity index (χ1n) is 6.63. The molecule has 4 heteroatoms. The van der Waals surface area contributed by atoms with Crippen LogP contribution >= 0.6 is 0 Å². The van der Waals surface area contributed by atoms with Crippen LogP contribution in [0.25, 0.3) is 0 Å². The first-order valence-corrected chi connectivity index (χ1v) is 6.63. The van der Waals surface area contributed by atoms with Gasteiger partial charge in [-0.3, -0.25) is 14.5 Å². The van der Waals surface area contributed by atoms with Crippen LogP contribution in [-0.2, 0) is 9.59 Å². The fraction of sp³-hybridized carbons (Fsp3) is 0.857. The first-order chi connectivity index (χ1) is 8.14. The van der Waals surface area contributed by atoms with Crippen molar-refractivity contribution >= 4 is 11.8 Å². The highest BCUT2D eigenvalue weighted by Crippen LogP contribution is 2.29. The molecule has 0 saturated carbocycles. The van der Waals surface area contributed by atoms with E-state index in [0.29, 0.717) is 13.0 Å². The van der Waals surface area contributed by atoms with Crippen LogP contribution in [0, 0.1) is 17.3 Å². The maximum atomic E-state index is 12.2. The van der Waals surface area contributed by atoms with Crippen LogP contribution in [0.5, 0.6) is 0 Å². The average Bonchev–Trinajstić information content (AvgIpc) is 2.43. The molecule has 1 heterocycles. The molecule has 18 heavy (non-hydrogen) atoms. The summed E-state index contributed by atoms with van der Waals surface area (Å²) in [6, 6.07) is 0. The summed E-state index contributed by atoms with van der Waals surface area (Å²) >= 11 is 0. The smallest absolute Gasteiger partial charge is 0.233 e. The van der Waals surface area contributed by atoms with Crippen molar-refractivity contribution in [3.63, 3.8) is 0 Å². The van der Waals surface area contributed by atoms with Gasteiger partial charge >= 0.3 is 0 Å². The molecule has 0 N–H and O–H groups in total. The number of hydrogen-bond acceptors (Lipinski definition) is 3. The van der Waals surface area contributed by atoms with E-state index in [9.17, 15) is 9.59 Å². The lowest BCUT2D eigenvalue weighted by atomic mass is 9.91. The summed E-state index contributed by atoms with van der Waals surface area (Å²) in [7, 11) is 4.01. The van der Waals surface area contributed by atoms with Gasteiger partial charge in [0.15, 0.2) is 0 Å². The van der Waals surface area contributed by atoms with Gasteiger partial charge in [-0.2, -0.15) is 0 Å². The zero-order chi connectivity index (χ0) is 14.1. The average molecular weight is 254 g/mol. The van der Waals surface area contributed by atoms with Crippen molar-refractivity contribution in [2.75, 3.05) is 27.2 Å². The molecule has 1 saturated heterocycles. The monoisotopic (exact) mass is 254 g/mol. The Balaban J connectivity index is 2.73. The minimum absolute atomic E-state index is 0.00877. The van der Waals surface area contributed by atoms with Crippen molar-refractivity contribution < 1.29 is 9.59 Å². The molecule has 1 unspecified atom stereocenters. The van der Waals surface area contributed by atoms with Crippen LogP contribution in [0.4, 0.5) is 0 Å². The van der Waals surface area contributed by atoms with Crippen LogP contribution in [0.15, 0.2) is 0 Å². The highest BCUT2D eigenvalue weighted by molar-refractivity contribution is 6.03. The molecular weight excluding hydrogens is 228 g/mol. The maximum absolute atomic E-state index is 12.2. The van der Waals surface area contributed by atoms with Gasteiger partial charge in [-0.05, 0) is 25.4 Å². The molecule has 4 nitrogen and oxygen atoms in total. The van der Waals surface area contributed by atoms with Gasteiger partial charge in [0, 0.05) is 25.4 Å². The molecule has 104 valence electrons. The third-order valence-electron chi connectivity index (χ3n) is 3.41. The van der Waals surface area contributed by atoms with Crippen LogP contribution in [0.3, 0.4) is 0 Å². The molecule has 0 bridgehead atoms. The first kappa shape index (κ1) is 15.2. The fourth-order valence-electron chi connectivity index (χ4n) is 2.73. The lowest BCUT2D eigenvalue weighted by Gasteiger charge is -2.32. The minimum Gasteiger partial charge on any atom is -0.309 e. The molecule has 0 aromatic heterocycles. The molecule has 0 aliphatic carbocycles. The molecule has 0 aromatic rings. The van der Waals surface area contributed by atoms with Crippen molar-refractivity contribution in [1.82, 2.24) is 9.80 Å². The summed E-state index contributed by atoms with van der Waals surface area (Å²) in [4.78, 5) is 27.7. The minimum atomic E-state index is -0.118. The van der Waals surface area contributed by atoms with E-state index in [-0.39, 0.29) is 29.1 Å². The van der Waals surface area contributed by atoms with E-state index in [0.717, 1.165) is 6.54 Å². The second-order valence-corrected chi connectivity index (χ2v) is 6.77. The number of carbonyl (C=O) groups is 2. The fourth-order valence-corrected chi connectivity index (χ4v) is 2.73. The topological polar surface area (TPSA) is 40.6 Å². The normalized spacial score (nSPS) is 21.6. The van der Waals surface area contributed by atoms with Gasteiger partial charge in [-0.25, -0.2) is 0 Å². The summed E-state index contributed by atoms with van der Waals surface area (Å²) in [5, 5.41) is 0. The SMILES string of the molecule is CC(C)C1CC(=O)N(CC(C)(C)CN(C)C)C1=O. The molecule has 1 atom stereocenters. The summed E-state index contributed by atoms with van der Waals surface area (Å²) < 4.78 is 0. The van der Waals surface area contributed by atoms with Gasteiger partial charge < -0.3 is 4.90 Å². The van der Waals surface area contributed by atoms with E-state index >= 15 is 0 Å². The van der Waals surface area contributed by atoms with Gasteiger partial charge in [0.25, 0.3) is 0 Å². The lowest BCUT2D eigenvalue weighted by molar-refractivity contribution is -0.141. The van der Waals surface area contributed by atoms with Crippen LogP contribution < -0.4 is 0 Å². The van der Waals surface area contributed by atoms with E-state index in [2.05, 4.69) is 18.7 Å². The van der Waals surface area contributed by atoms with Crippen molar-refractivity contribution in [1.29, 1.82) is 0 Å². The Morgan fingerprint density at radius 2 is 1.89 bits per heavy atom. The zero-order valence-electron chi connectivity index (χ0n) is 12.5. The van der Waals surface area contributed by atoms with Crippen LogP contribution in [0.1, 0.15) is 34.1 Å². The van der Waals surface area contributed by atoms with E-state index in [1.165, 1.54) is 4.90 Å². The number of carbonyl (C=O) groups excluding carboxylic acids is 2. The van der Waals surface area contributed by atoms with Gasteiger partial charge in [-0.1, -0.05) is 27.7 Å². The summed E-state index contributed by atoms with van der Waals surface area (Å²) in [6.45, 7) is 9.57. The quantitative estimate of drug-likeness (QED) is 0.700. The Kier molecular flexibility index (Phi) is 4.54. The molecule has 1 fully saturated rings. The third-order valence-corrected chi connectivity index (χ3v) is 3.41. The molecule has 2 amide bonds. The van der Waals surface area contributed by atoms with E-state index in [1.54, 1.807) is 0 Å². The van der Waals surface area contributed by atoms with Gasteiger partial charge in [0.05, 0.1) is 0 Å². The van der Waals surface area contributed by atoms with E-state index < -0.39 is 0 Å². The van der Waals surface area contributed by atoms with Crippen LogP contribution in [0.2, 0.25) is 0 Å². The molecular formula is C14H26N2O2. The molecule has 0 radical (unpaired) electrons. The van der Waals surface area contributed by atoms with Crippen molar-refractivity contribution in [2.24, 2.45) is 17.3 Å². The standard InChI is InChI=1S/C14H26N2O2/c1-10(2)11-7-12(17)16(13(11)18)9-14(3,4)8-15(5)6/h10-11H,7-9H2,1-6H3. The third kappa shape index (κ3) is 3.55. The Bertz CT molecular complexity index is 335. The Labute approximate surface area is 110 Å². The highest BCUT2D eigenvalue weighted by atomic mass is 16.2. The van der Waals surface area contributed by atoms with Crippen LogP contribution in [-0.4, -0.2) is 48.8 Å². The molecule has 1 rings (SSSR count).